The van der Waals surface area contributed by atoms with E-state index < -0.39 is 0 Å². The van der Waals surface area contributed by atoms with E-state index in [0.29, 0.717) is 19.1 Å². The van der Waals surface area contributed by atoms with Crippen molar-refractivity contribution in [2.75, 3.05) is 26.8 Å². The van der Waals surface area contributed by atoms with Gasteiger partial charge in [0.15, 0.2) is 0 Å². The topological polar surface area (TPSA) is 56.7 Å². The minimum atomic E-state index is -0.0744. The van der Waals surface area contributed by atoms with Crippen molar-refractivity contribution in [3.63, 3.8) is 0 Å². The van der Waals surface area contributed by atoms with Crippen molar-refractivity contribution in [3.05, 3.63) is 54.0 Å². The monoisotopic (exact) mass is 355 g/mol. The fourth-order valence-corrected chi connectivity index (χ4v) is 3.92. The molecule has 2 aromatic rings. The number of hydrogen-bond acceptors (Lipinski definition) is 6. The summed E-state index contributed by atoms with van der Waals surface area (Å²) in [6.45, 7) is 4.05. The molecule has 2 aliphatic heterocycles. The molecule has 26 heavy (non-hydrogen) atoms. The lowest BCUT2D eigenvalue weighted by Gasteiger charge is -2.23. The van der Waals surface area contributed by atoms with Crippen LogP contribution in [-0.4, -0.2) is 53.4 Å². The zero-order valence-electron chi connectivity index (χ0n) is 15.1. The van der Waals surface area contributed by atoms with Crippen molar-refractivity contribution in [2.45, 2.75) is 37.7 Å². The van der Waals surface area contributed by atoms with E-state index in [2.05, 4.69) is 20.9 Å². The molecule has 0 N–H and O–H groups in total. The second-order valence-electron chi connectivity index (χ2n) is 7.12. The van der Waals surface area contributed by atoms with Crippen LogP contribution in [0.1, 0.15) is 24.0 Å². The predicted molar refractivity (Wildman–Crippen MR) is 96.8 cm³/mol. The van der Waals surface area contributed by atoms with E-state index >= 15 is 0 Å². The molecule has 6 nitrogen and oxygen atoms in total. The van der Waals surface area contributed by atoms with Crippen LogP contribution < -0.4 is 4.74 Å². The lowest BCUT2D eigenvalue weighted by atomic mass is 9.98. The van der Waals surface area contributed by atoms with Crippen LogP contribution in [0.5, 0.6) is 5.88 Å². The minimum absolute atomic E-state index is 0.0744. The Hall–Kier alpha value is -2.02. The standard InChI is InChI=1S/C20H25N3O3/c1-24-19-17(5-3-8-22-19)12-23-9-6-20(15-23)10-18(14-26-20)25-13-16-4-2-7-21-11-16/h2-5,7-8,11,18H,6,9-10,12-15H2,1H3/t18-,20-/m0/s1. The van der Waals surface area contributed by atoms with Crippen molar-refractivity contribution in [2.24, 2.45) is 0 Å². The Bertz CT molecular complexity index is 727. The van der Waals surface area contributed by atoms with E-state index in [1.54, 1.807) is 19.5 Å². The quantitative estimate of drug-likeness (QED) is 0.793. The van der Waals surface area contributed by atoms with E-state index in [-0.39, 0.29) is 11.7 Å². The molecule has 0 amide bonds. The molecule has 0 aromatic carbocycles. The first kappa shape index (κ1) is 17.4. The fraction of sp³-hybridized carbons (Fsp3) is 0.500. The van der Waals surface area contributed by atoms with Crippen molar-refractivity contribution >= 4 is 0 Å². The first-order valence-corrected chi connectivity index (χ1v) is 9.11. The van der Waals surface area contributed by atoms with Crippen molar-refractivity contribution in [1.29, 1.82) is 0 Å². The van der Waals surface area contributed by atoms with Gasteiger partial charge in [0.05, 0.1) is 32.0 Å². The smallest absolute Gasteiger partial charge is 0.217 e. The summed E-state index contributed by atoms with van der Waals surface area (Å²) in [6, 6.07) is 8.01. The molecule has 0 unspecified atom stereocenters. The number of ether oxygens (including phenoxy) is 3. The Labute approximate surface area is 154 Å². The van der Waals surface area contributed by atoms with Gasteiger partial charge >= 0.3 is 0 Å². The minimum Gasteiger partial charge on any atom is -0.481 e. The van der Waals surface area contributed by atoms with E-state index in [9.17, 15) is 0 Å². The first-order valence-electron chi connectivity index (χ1n) is 9.11. The van der Waals surface area contributed by atoms with Crippen molar-refractivity contribution in [1.82, 2.24) is 14.9 Å². The number of rotatable bonds is 6. The van der Waals surface area contributed by atoms with Crippen molar-refractivity contribution < 1.29 is 14.2 Å². The van der Waals surface area contributed by atoms with E-state index in [1.807, 2.05) is 24.4 Å². The predicted octanol–water partition coefficient (Wildman–Crippen LogP) is 2.44. The number of methoxy groups -OCH3 is 1. The lowest BCUT2D eigenvalue weighted by molar-refractivity contribution is -0.000485. The van der Waals surface area contributed by atoms with Gasteiger partial charge in [0.25, 0.3) is 0 Å². The SMILES string of the molecule is COc1ncccc1CN1CC[C@]2(C[C@H](OCc3cccnc3)CO2)C1. The van der Waals surface area contributed by atoms with E-state index in [1.165, 1.54) is 0 Å². The Balaban J connectivity index is 1.30. The van der Waals surface area contributed by atoms with Gasteiger partial charge in [0, 0.05) is 50.2 Å². The molecule has 2 aliphatic rings. The maximum absolute atomic E-state index is 6.20. The lowest BCUT2D eigenvalue weighted by Crippen LogP contribution is -2.33. The number of likely N-dealkylation sites (tertiary alicyclic amines) is 1. The molecule has 4 rings (SSSR count). The van der Waals surface area contributed by atoms with E-state index in [4.69, 9.17) is 14.2 Å². The summed E-state index contributed by atoms with van der Waals surface area (Å²) >= 11 is 0. The maximum atomic E-state index is 6.20. The van der Waals surface area contributed by atoms with Crippen molar-refractivity contribution in [3.8, 4) is 5.88 Å². The van der Waals surface area contributed by atoms with Crippen LogP contribution in [0.3, 0.4) is 0 Å². The Morgan fingerprint density at radius 1 is 1.31 bits per heavy atom. The Kier molecular flexibility index (Phi) is 5.15. The van der Waals surface area contributed by atoms with Gasteiger partial charge in [-0.05, 0) is 24.1 Å². The molecule has 2 aromatic heterocycles. The van der Waals surface area contributed by atoms with Gasteiger partial charge in [-0.2, -0.15) is 0 Å². The second-order valence-corrected chi connectivity index (χ2v) is 7.12. The molecule has 6 heteroatoms. The molecule has 2 saturated heterocycles. The summed E-state index contributed by atoms with van der Waals surface area (Å²) in [7, 11) is 1.67. The number of pyridine rings is 2. The molecule has 0 saturated carbocycles. The molecular formula is C20H25N3O3. The van der Waals surface area contributed by atoms with Gasteiger partial charge < -0.3 is 14.2 Å². The molecule has 0 bridgehead atoms. The van der Waals surface area contributed by atoms with Crippen LogP contribution in [-0.2, 0) is 22.6 Å². The number of nitrogens with zero attached hydrogens (tertiary/aromatic N) is 3. The maximum Gasteiger partial charge on any atom is 0.217 e. The second kappa shape index (κ2) is 7.70. The summed E-state index contributed by atoms with van der Waals surface area (Å²) < 4.78 is 17.6. The van der Waals surface area contributed by atoms with Crippen LogP contribution >= 0.6 is 0 Å². The van der Waals surface area contributed by atoms with Crippen LogP contribution in [0.15, 0.2) is 42.9 Å². The third-order valence-corrected chi connectivity index (χ3v) is 5.22. The number of aromatic nitrogens is 2. The van der Waals surface area contributed by atoms with Crippen LogP contribution in [0.2, 0.25) is 0 Å². The average molecular weight is 355 g/mol. The highest BCUT2D eigenvalue weighted by Crippen LogP contribution is 2.37. The highest BCUT2D eigenvalue weighted by Gasteiger charge is 2.45. The fourth-order valence-electron chi connectivity index (χ4n) is 3.92. The zero-order valence-corrected chi connectivity index (χ0v) is 15.1. The third-order valence-electron chi connectivity index (χ3n) is 5.22. The molecule has 0 radical (unpaired) electrons. The van der Waals surface area contributed by atoms with Crippen LogP contribution in [0, 0.1) is 0 Å². The van der Waals surface area contributed by atoms with Gasteiger partial charge in [-0.3, -0.25) is 9.88 Å². The summed E-state index contributed by atoms with van der Waals surface area (Å²) in [5.41, 5.74) is 2.15. The molecule has 138 valence electrons. The average Bonchev–Trinajstić information content (AvgIpc) is 3.27. The third kappa shape index (κ3) is 3.87. The Morgan fingerprint density at radius 2 is 2.23 bits per heavy atom. The van der Waals surface area contributed by atoms with Gasteiger partial charge in [0.2, 0.25) is 5.88 Å². The highest BCUT2D eigenvalue weighted by molar-refractivity contribution is 5.25. The zero-order chi connectivity index (χ0) is 17.8. The highest BCUT2D eigenvalue weighted by atomic mass is 16.6. The van der Waals surface area contributed by atoms with E-state index in [0.717, 1.165) is 43.6 Å². The summed E-state index contributed by atoms with van der Waals surface area (Å²) in [4.78, 5) is 10.8. The first-order chi connectivity index (χ1) is 12.8. The summed E-state index contributed by atoms with van der Waals surface area (Å²) in [5.74, 6) is 0.707. The molecule has 2 fully saturated rings. The Morgan fingerprint density at radius 3 is 3.08 bits per heavy atom. The normalized spacial score (nSPS) is 25.8. The van der Waals surface area contributed by atoms with Crippen LogP contribution in [0.25, 0.3) is 0 Å². The largest absolute Gasteiger partial charge is 0.481 e. The summed E-state index contributed by atoms with van der Waals surface area (Å²) in [5, 5.41) is 0. The molecular weight excluding hydrogens is 330 g/mol. The van der Waals surface area contributed by atoms with Gasteiger partial charge in [-0.15, -0.1) is 0 Å². The van der Waals surface area contributed by atoms with Gasteiger partial charge in [0.1, 0.15) is 0 Å². The molecule has 4 heterocycles. The van der Waals surface area contributed by atoms with Gasteiger partial charge in [-0.1, -0.05) is 12.1 Å². The van der Waals surface area contributed by atoms with Gasteiger partial charge in [-0.25, -0.2) is 4.98 Å². The number of hydrogen-bond donors (Lipinski definition) is 0. The molecule has 0 aliphatic carbocycles. The van der Waals surface area contributed by atoms with Crippen LogP contribution in [0.4, 0.5) is 0 Å². The molecule has 2 atom stereocenters. The summed E-state index contributed by atoms with van der Waals surface area (Å²) in [6.07, 6.45) is 7.54. The molecule has 1 spiro atoms.